The molecule has 0 aliphatic carbocycles. The molecule has 1 aromatic carbocycles. The summed E-state index contributed by atoms with van der Waals surface area (Å²) in [6.07, 6.45) is 2.15. The summed E-state index contributed by atoms with van der Waals surface area (Å²) < 4.78 is 13.0. The summed E-state index contributed by atoms with van der Waals surface area (Å²) in [6, 6.07) is 6.49. The number of carbonyl (C=O) groups is 1. The van der Waals surface area contributed by atoms with Crippen LogP contribution in [-0.2, 0) is 4.79 Å². The highest BCUT2D eigenvalue weighted by atomic mass is 19.1. The number of nitrogens with zero attached hydrogens (tertiary/aromatic N) is 3. The van der Waals surface area contributed by atoms with E-state index in [1.165, 1.54) is 12.1 Å². The molecule has 26 heavy (non-hydrogen) atoms. The van der Waals surface area contributed by atoms with Crippen molar-refractivity contribution in [1.82, 2.24) is 15.5 Å². The maximum atomic E-state index is 13.0. The van der Waals surface area contributed by atoms with Crippen LogP contribution < -0.4 is 15.5 Å². The fourth-order valence-electron chi connectivity index (χ4n) is 2.80. The zero-order valence-corrected chi connectivity index (χ0v) is 15.4. The summed E-state index contributed by atoms with van der Waals surface area (Å²) in [5.74, 6) is 0.580. The molecule has 1 saturated heterocycles. The molecule has 6 nitrogen and oxygen atoms in total. The van der Waals surface area contributed by atoms with E-state index in [-0.39, 0.29) is 11.7 Å². The molecule has 0 spiro atoms. The van der Waals surface area contributed by atoms with Crippen molar-refractivity contribution in [3.05, 3.63) is 42.7 Å². The van der Waals surface area contributed by atoms with E-state index in [0.29, 0.717) is 38.6 Å². The van der Waals surface area contributed by atoms with Gasteiger partial charge in [0.15, 0.2) is 5.96 Å². The Morgan fingerprint density at radius 2 is 1.92 bits per heavy atom. The molecular formula is C19H28FN5O. The van der Waals surface area contributed by atoms with Gasteiger partial charge in [0.05, 0.1) is 6.54 Å². The van der Waals surface area contributed by atoms with Crippen LogP contribution in [0.2, 0.25) is 0 Å². The predicted octanol–water partition coefficient (Wildman–Crippen LogP) is 1.61. The average molecular weight is 361 g/mol. The minimum Gasteiger partial charge on any atom is -0.368 e. The molecule has 7 heteroatoms. The number of amides is 1. The molecule has 2 rings (SSSR count). The van der Waals surface area contributed by atoms with Gasteiger partial charge in [-0.15, -0.1) is 6.58 Å². The second-order valence-electron chi connectivity index (χ2n) is 6.02. The van der Waals surface area contributed by atoms with Crippen LogP contribution in [0.1, 0.15) is 13.3 Å². The summed E-state index contributed by atoms with van der Waals surface area (Å²) in [6.45, 7) is 10.4. The van der Waals surface area contributed by atoms with E-state index in [9.17, 15) is 9.18 Å². The maximum Gasteiger partial charge on any atom is 0.224 e. The zero-order chi connectivity index (χ0) is 18.8. The molecular weight excluding hydrogens is 333 g/mol. The number of nitrogens with one attached hydrogen (secondary N) is 2. The molecule has 142 valence electrons. The van der Waals surface area contributed by atoms with Gasteiger partial charge in [0.2, 0.25) is 5.91 Å². The lowest BCUT2D eigenvalue weighted by molar-refractivity contribution is -0.131. The molecule has 1 heterocycles. The molecule has 0 bridgehead atoms. The lowest BCUT2D eigenvalue weighted by atomic mass is 10.2. The molecule has 2 N–H and O–H groups in total. The van der Waals surface area contributed by atoms with Crippen molar-refractivity contribution in [1.29, 1.82) is 0 Å². The highest BCUT2D eigenvalue weighted by molar-refractivity contribution is 5.81. The van der Waals surface area contributed by atoms with E-state index < -0.39 is 0 Å². The first-order valence-electron chi connectivity index (χ1n) is 9.05. The number of guanidine groups is 1. The van der Waals surface area contributed by atoms with Crippen LogP contribution in [-0.4, -0.2) is 62.6 Å². The summed E-state index contributed by atoms with van der Waals surface area (Å²) in [5, 5.41) is 6.25. The minimum absolute atomic E-state index is 0.118. The number of carbonyl (C=O) groups excluding carboxylic acids is 1. The molecule has 0 aromatic heterocycles. The number of rotatable bonds is 7. The lowest BCUT2D eigenvalue weighted by Crippen LogP contribution is -2.49. The van der Waals surface area contributed by atoms with Crippen molar-refractivity contribution in [3.63, 3.8) is 0 Å². The zero-order valence-electron chi connectivity index (χ0n) is 15.4. The predicted molar refractivity (Wildman–Crippen MR) is 104 cm³/mol. The Morgan fingerprint density at radius 1 is 1.23 bits per heavy atom. The van der Waals surface area contributed by atoms with E-state index >= 15 is 0 Å². The van der Waals surface area contributed by atoms with Gasteiger partial charge in [-0.25, -0.2) is 4.39 Å². The van der Waals surface area contributed by atoms with Crippen molar-refractivity contribution in [2.45, 2.75) is 13.3 Å². The van der Waals surface area contributed by atoms with Gasteiger partial charge in [0, 0.05) is 51.4 Å². The Morgan fingerprint density at radius 3 is 2.54 bits per heavy atom. The third kappa shape index (κ3) is 6.06. The Bertz CT molecular complexity index is 609. The van der Waals surface area contributed by atoms with Crippen LogP contribution in [0.25, 0.3) is 0 Å². The highest BCUT2D eigenvalue weighted by Crippen LogP contribution is 2.17. The van der Waals surface area contributed by atoms with E-state index in [4.69, 9.17) is 0 Å². The first-order valence-corrected chi connectivity index (χ1v) is 9.05. The van der Waals surface area contributed by atoms with Crippen molar-refractivity contribution in [2.75, 3.05) is 50.7 Å². The lowest BCUT2D eigenvalue weighted by Gasteiger charge is -2.36. The summed E-state index contributed by atoms with van der Waals surface area (Å²) in [7, 11) is 0. The number of piperazine rings is 1. The van der Waals surface area contributed by atoms with Crippen LogP contribution in [0.5, 0.6) is 0 Å². The third-order valence-electron chi connectivity index (χ3n) is 4.18. The Balaban J connectivity index is 1.77. The minimum atomic E-state index is -0.234. The third-order valence-corrected chi connectivity index (χ3v) is 4.18. The maximum absolute atomic E-state index is 13.0. The normalized spacial score (nSPS) is 14.9. The molecule has 1 fully saturated rings. The van der Waals surface area contributed by atoms with Gasteiger partial charge in [-0.3, -0.25) is 9.79 Å². The van der Waals surface area contributed by atoms with E-state index in [1.54, 1.807) is 18.2 Å². The quantitative estimate of drug-likeness (QED) is 0.440. The van der Waals surface area contributed by atoms with Gasteiger partial charge < -0.3 is 20.4 Å². The van der Waals surface area contributed by atoms with Crippen LogP contribution in [0.4, 0.5) is 10.1 Å². The van der Waals surface area contributed by atoms with Crippen molar-refractivity contribution in [3.8, 4) is 0 Å². The fraction of sp³-hybridized carbons (Fsp3) is 0.474. The van der Waals surface area contributed by atoms with Crippen LogP contribution in [0, 0.1) is 5.82 Å². The van der Waals surface area contributed by atoms with Crippen LogP contribution >= 0.6 is 0 Å². The van der Waals surface area contributed by atoms with E-state index in [0.717, 1.165) is 25.3 Å². The standard InChI is InChI=1S/C19H28FN5O/c1-3-10-22-19(21-4-2)23-11-9-18(26)25-14-12-24(13-15-25)17-7-5-16(20)6-8-17/h3,5-8H,1,4,9-15H2,2H3,(H2,21,22,23). The smallest absolute Gasteiger partial charge is 0.224 e. The summed E-state index contributed by atoms with van der Waals surface area (Å²) in [5.41, 5.74) is 0.992. The molecule has 0 radical (unpaired) electrons. The Labute approximate surface area is 154 Å². The number of anilines is 1. The van der Waals surface area contributed by atoms with E-state index in [2.05, 4.69) is 27.1 Å². The molecule has 1 aromatic rings. The van der Waals surface area contributed by atoms with Crippen molar-refractivity contribution < 1.29 is 9.18 Å². The Hall–Kier alpha value is -2.57. The molecule has 1 aliphatic heterocycles. The highest BCUT2D eigenvalue weighted by Gasteiger charge is 2.20. The molecule has 1 amide bonds. The van der Waals surface area contributed by atoms with Gasteiger partial charge in [-0.05, 0) is 31.2 Å². The van der Waals surface area contributed by atoms with Gasteiger partial charge in [-0.1, -0.05) is 6.08 Å². The molecule has 1 aliphatic rings. The number of benzene rings is 1. The molecule has 0 unspecified atom stereocenters. The summed E-state index contributed by atoms with van der Waals surface area (Å²) in [4.78, 5) is 20.8. The second kappa shape index (κ2) is 10.4. The number of hydrogen-bond acceptors (Lipinski definition) is 3. The first-order chi connectivity index (χ1) is 12.6. The van der Waals surface area contributed by atoms with Gasteiger partial charge in [-0.2, -0.15) is 0 Å². The second-order valence-corrected chi connectivity index (χ2v) is 6.02. The van der Waals surface area contributed by atoms with Gasteiger partial charge in [0.1, 0.15) is 5.82 Å². The van der Waals surface area contributed by atoms with Crippen molar-refractivity contribution >= 4 is 17.6 Å². The molecule has 0 atom stereocenters. The van der Waals surface area contributed by atoms with E-state index in [1.807, 2.05) is 11.8 Å². The van der Waals surface area contributed by atoms with Crippen molar-refractivity contribution in [2.24, 2.45) is 4.99 Å². The monoisotopic (exact) mass is 361 g/mol. The van der Waals surface area contributed by atoms with Gasteiger partial charge >= 0.3 is 0 Å². The van der Waals surface area contributed by atoms with Crippen LogP contribution in [0.15, 0.2) is 41.9 Å². The first kappa shape index (κ1) is 19.8. The topological polar surface area (TPSA) is 60.0 Å². The van der Waals surface area contributed by atoms with Crippen LogP contribution in [0.3, 0.4) is 0 Å². The molecule has 0 saturated carbocycles. The fourth-order valence-corrected chi connectivity index (χ4v) is 2.80. The Kier molecular flexibility index (Phi) is 7.92. The average Bonchev–Trinajstić information content (AvgIpc) is 2.66. The number of halogens is 1. The van der Waals surface area contributed by atoms with Gasteiger partial charge in [0.25, 0.3) is 0 Å². The largest absolute Gasteiger partial charge is 0.368 e. The SMILES string of the molecule is C=CCNC(=NCCC(=O)N1CCN(c2ccc(F)cc2)CC1)NCC. The number of aliphatic imine (C=N–C) groups is 1. The summed E-state index contributed by atoms with van der Waals surface area (Å²) >= 11 is 0. The number of hydrogen-bond donors (Lipinski definition) is 2.